The third-order valence-corrected chi connectivity index (χ3v) is 4.24. The molecule has 0 fully saturated rings. The summed E-state index contributed by atoms with van der Waals surface area (Å²) >= 11 is 6.35. The van der Waals surface area contributed by atoms with Gasteiger partial charge in [0.1, 0.15) is 5.15 Å². The summed E-state index contributed by atoms with van der Waals surface area (Å²) in [6, 6.07) is 10.6. The molecular weight excluding hydrogens is 282 g/mol. The summed E-state index contributed by atoms with van der Waals surface area (Å²) in [7, 11) is 1.89. The smallest absolute Gasteiger partial charge is 0.131 e. The molecule has 0 aliphatic heterocycles. The van der Waals surface area contributed by atoms with E-state index in [1.807, 2.05) is 13.1 Å². The molecule has 1 aromatic carbocycles. The highest BCUT2D eigenvalue weighted by Gasteiger charge is 2.17. The van der Waals surface area contributed by atoms with Crippen LogP contribution in [0.2, 0.25) is 5.15 Å². The first kappa shape index (κ1) is 16.1. The van der Waals surface area contributed by atoms with Crippen LogP contribution < -0.4 is 5.32 Å². The van der Waals surface area contributed by atoms with Gasteiger partial charge in [-0.05, 0) is 17.4 Å². The molecule has 0 aliphatic rings. The van der Waals surface area contributed by atoms with Crippen molar-refractivity contribution >= 4 is 11.6 Å². The van der Waals surface area contributed by atoms with Crippen molar-refractivity contribution in [3.63, 3.8) is 0 Å². The standard InChI is InChI=1S/C17H24ClN3/c1-12(2)16-15(17(18)21(4)20-16)11-19-10-13(3)14-8-6-5-7-9-14/h5-9,12-13,19H,10-11H2,1-4H3/t13-/m0/s1. The largest absolute Gasteiger partial charge is 0.312 e. The topological polar surface area (TPSA) is 29.9 Å². The second-order valence-electron chi connectivity index (χ2n) is 5.88. The second kappa shape index (κ2) is 7.10. The van der Waals surface area contributed by atoms with E-state index in [4.69, 9.17) is 11.6 Å². The number of hydrogen-bond acceptors (Lipinski definition) is 2. The lowest BCUT2D eigenvalue weighted by Gasteiger charge is -2.13. The maximum atomic E-state index is 6.35. The van der Waals surface area contributed by atoms with Crippen LogP contribution in [0.3, 0.4) is 0 Å². The van der Waals surface area contributed by atoms with E-state index in [0.717, 1.165) is 29.5 Å². The van der Waals surface area contributed by atoms with Crippen LogP contribution in [0.25, 0.3) is 0 Å². The maximum absolute atomic E-state index is 6.35. The summed E-state index contributed by atoms with van der Waals surface area (Å²) in [5.74, 6) is 0.858. The van der Waals surface area contributed by atoms with Gasteiger partial charge in [-0.3, -0.25) is 4.68 Å². The van der Waals surface area contributed by atoms with E-state index in [1.165, 1.54) is 5.56 Å². The number of nitrogens with one attached hydrogen (secondary N) is 1. The van der Waals surface area contributed by atoms with Crippen LogP contribution in [0.1, 0.15) is 49.4 Å². The van der Waals surface area contributed by atoms with Crippen molar-refractivity contribution in [3.05, 3.63) is 52.3 Å². The number of halogens is 1. The van der Waals surface area contributed by atoms with Gasteiger partial charge >= 0.3 is 0 Å². The van der Waals surface area contributed by atoms with Crippen molar-refractivity contribution in [2.75, 3.05) is 6.54 Å². The molecule has 0 amide bonds. The molecule has 2 aromatic rings. The van der Waals surface area contributed by atoms with Crippen LogP contribution in [0.15, 0.2) is 30.3 Å². The first-order valence-electron chi connectivity index (χ1n) is 7.47. The molecule has 114 valence electrons. The monoisotopic (exact) mass is 305 g/mol. The lowest BCUT2D eigenvalue weighted by atomic mass is 10.0. The van der Waals surface area contributed by atoms with Crippen LogP contribution in [0.4, 0.5) is 0 Å². The van der Waals surface area contributed by atoms with Crippen LogP contribution >= 0.6 is 11.6 Å². The zero-order chi connectivity index (χ0) is 15.4. The number of nitrogens with zero attached hydrogens (tertiary/aromatic N) is 2. The molecule has 21 heavy (non-hydrogen) atoms. The Morgan fingerprint density at radius 2 is 1.86 bits per heavy atom. The molecule has 0 saturated heterocycles. The molecule has 0 spiro atoms. The van der Waals surface area contributed by atoms with E-state index >= 15 is 0 Å². The summed E-state index contributed by atoms with van der Waals surface area (Å²) in [6.07, 6.45) is 0. The maximum Gasteiger partial charge on any atom is 0.131 e. The fourth-order valence-corrected chi connectivity index (χ4v) is 2.71. The van der Waals surface area contributed by atoms with Gasteiger partial charge in [-0.2, -0.15) is 5.10 Å². The quantitative estimate of drug-likeness (QED) is 0.871. The van der Waals surface area contributed by atoms with Crippen molar-refractivity contribution in [1.29, 1.82) is 0 Å². The SMILES string of the molecule is CC(C)c1nn(C)c(Cl)c1CNC[C@H](C)c1ccccc1. The highest BCUT2D eigenvalue weighted by Crippen LogP contribution is 2.25. The van der Waals surface area contributed by atoms with Crippen LogP contribution in [-0.2, 0) is 13.6 Å². The minimum atomic E-state index is 0.382. The Balaban J connectivity index is 1.98. The van der Waals surface area contributed by atoms with Gasteiger partial charge < -0.3 is 5.32 Å². The first-order chi connectivity index (χ1) is 10.0. The third kappa shape index (κ3) is 3.86. The zero-order valence-electron chi connectivity index (χ0n) is 13.2. The molecule has 1 aromatic heterocycles. The van der Waals surface area contributed by atoms with Gasteiger partial charge in [0.25, 0.3) is 0 Å². The van der Waals surface area contributed by atoms with Crippen molar-refractivity contribution < 1.29 is 0 Å². The van der Waals surface area contributed by atoms with Gasteiger partial charge in [0.2, 0.25) is 0 Å². The molecule has 0 saturated carbocycles. The van der Waals surface area contributed by atoms with Gasteiger partial charge in [-0.15, -0.1) is 0 Å². The lowest BCUT2D eigenvalue weighted by molar-refractivity contribution is 0.610. The Bertz CT molecular complexity index is 575. The summed E-state index contributed by atoms with van der Waals surface area (Å²) in [6.45, 7) is 8.21. The minimum Gasteiger partial charge on any atom is -0.312 e. The summed E-state index contributed by atoms with van der Waals surface area (Å²) in [4.78, 5) is 0. The summed E-state index contributed by atoms with van der Waals surface area (Å²) in [5, 5.41) is 8.76. The Hall–Kier alpha value is -1.32. The minimum absolute atomic E-state index is 0.382. The highest BCUT2D eigenvalue weighted by molar-refractivity contribution is 6.30. The Labute approximate surface area is 132 Å². The van der Waals surface area contributed by atoms with E-state index in [1.54, 1.807) is 4.68 Å². The molecule has 4 heteroatoms. The molecule has 0 unspecified atom stereocenters. The molecule has 0 radical (unpaired) electrons. The molecule has 2 rings (SSSR count). The lowest BCUT2D eigenvalue weighted by Crippen LogP contribution is -2.20. The summed E-state index contributed by atoms with van der Waals surface area (Å²) in [5.41, 5.74) is 3.56. The van der Waals surface area contributed by atoms with E-state index in [2.05, 4.69) is 55.5 Å². The molecule has 1 atom stereocenters. The van der Waals surface area contributed by atoms with Gasteiger partial charge in [-0.25, -0.2) is 0 Å². The Morgan fingerprint density at radius 1 is 1.19 bits per heavy atom. The number of benzene rings is 1. The average Bonchev–Trinajstić information content (AvgIpc) is 2.76. The number of aryl methyl sites for hydroxylation is 1. The van der Waals surface area contributed by atoms with E-state index < -0.39 is 0 Å². The normalized spacial score (nSPS) is 12.9. The average molecular weight is 306 g/mol. The predicted molar refractivity (Wildman–Crippen MR) is 88.9 cm³/mol. The van der Waals surface area contributed by atoms with Crippen molar-refractivity contribution in [1.82, 2.24) is 15.1 Å². The van der Waals surface area contributed by atoms with Crippen molar-refractivity contribution in [3.8, 4) is 0 Å². The van der Waals surface area contributed by atoms with Crippen molar-refractivity contribution in [2.24, 2.45) is 7.05 Å². The van der Waals surface area contributed by atoms with Crippen LogP contribution in [0, 0.1) is 0 Å². The van der Waals surface area contributed by atoms with Crippen LogP contribution in [0.5, 0.6) is 0 Å². The molecule has 3 nitrogen and oxygen atoms in total. The van der Waals surface area contributed by atoms with E-state index in [9.17, 15) is 0 Å². The van der Waals surface area contributed by atoms with Crippen LogP contribution in [-0.4, -0.2) is 16.3 Å². The Kier molecular flexibility index (Phi) is 5.43. The number of aromatic nitrogens is 2. The first-order valence-corrected chi connectivity index (χ1v) is 7.85. The molecule has 0 bridgehead atoms. The van der Waals surface area contributed by atoms with E-state index in [-0.39, 0.29) is 0 Å². The fraction of sp³-hybridized carbons (Fsp3) is 0.471. The molecule has 1 N–H and O–H groups in total. The third-order valence-electron chi connectivity index (χ3n) is 3.77. The van der Waals surface area contributed by atoms with Crippen molar-refractivity contribution in [2.45, 2.75) is 39.2 Å². The fourth-order valence-electron chi connectivity index (χ4n) is 2.51. The van der Waals surface area contributed by atoms with E-state index in [0.29, 0.717) is 11.8 Å². The van der Waals surface area contributed by atoms with Gasteiger partial charge in [0.15, 0.2) is 0 Å². The number of hydrogen-bond donors (Lipinski definition) is 1. The van der Waals surface area contributed by atoms with Gasteiger partial charge in [0, 0.05) is 25.7 Å². The number of rotatable bonds is 6. The predicted octanol–water partition coefficient (Wildman–Crippen LogP) is 4.09. The van der Waals surface area contributed by atoms with Gasteiger partial charge in [0.05, 0.1) is 5.69 Å². The molecule has 0 aliphatic carbocycles. The Morgan fingerprint density at radius 3 is 2.48 bits per heavy atom. The van der Waals surface area contributed by atoms with Gasteiger partial charge in [-0.1, -0.05) is 62.7 Å². The zero-order valence-corrected chi connectivity index (χ0v) is 14.0. The molecular formula is C17H24ClN3. The molecule has 1 heterocycles. The summed E-state index contributed by atoms with van der Waals surface area (Å²) < 4.78 is 1.76. The second-order valence-corrected chi connectivity index (χ2v) is 6.23. The highest BCUT2D eigenvalue weighted by atomic mass is 35.5.